The van der Waals surface area contributed by atoms with Crippen molar-refractivity contribution in [3.05, 3.63) is 12.4 Å². The largest absolute Gasteiger partial charge is 0.378 e. The maximum Gasteiger partial charge on any atom is 0.241 e. The fourth-order valence-electron chi connectivity index (χ4n) is 4.04. The second-order valence-corrected chi connectivity index (χ2v) is 7.97. The molecule has 2 heterocycles. The van der Waals surface area contributed by atoms with E-state index in [0.29, 0.717) is 13.0 Å². The Morgan fingerprint density at radius 3 is 2.88 bits per heavy atom. The first-order valence-electron chi connectivity index (χ1n) is 9.23. The molecule has 3 unspecified atom stereocenters. The van der Waals surface area contributed by atoms with Crippen LogP contribution in [0, 0.1) is 5.41 Å². The van der Waals surface area contributed by atoms with Gasteiger partial charge in [0.15, 0.2) is 0 Å². The van der Waals surface area contributed by atoms with Crippen molar-refractivity contribution in [3.63, 3.8) is 0 Å². The Bertz CT molecular complexity index is 629. The third-order valence-electron chi connectivity index (χ3n) is 6.05. The van der Waals surface area contributed by atoms with Gasteiger partial charge in [0.05, 0.1) is 18.0 Å². The van der Waals surface area contributed by atoms with Gasteiger partial charge in [-0.1, -0.05) is 13.8 Å². The van der Waals surface area contributed by atoms with Crippen LogP contribution in [-0.2, 0) is 16.6 Å². The topological polar surface area (TPSA) is 85.4 Å². The minimum Gasteiger partial charge on any atom is -0.378 e. The number of aromatic nitrogens is 2. The highest BCUT2D eigenvalue weighted by atomic mass is 16.5. The molecule has 0 aromatic carbocycles. The van der Waals surface area contributed by atoms with Crippen molar-refractivity contribution in [1.29, 1.82) is 0 Å². The maximum absolute atomic E-state index is 12.9. The van der Waals surface area contributed by atoms with E-state index in [2.05, 4.69) is 15.3 Å². The molecule has 1 saturated heterocycles. The van der Waals surface area contributed by atoms with Gasteiger partial charge in [0.1, 0.15) is 5.54 Å². The number of aryl methyl sites for hydroxylation is 1. The molecule has 1 aromatic heterocycles. The smallest absolute Gasteiger partial charge is 0.241 e. The molecule has 2 aliphatic rings. The predicted molar refractivity (Wildman–Crippen MR) is 97.3 cm³/mol. The lowest BCUT2D eigenvalue weighted by Gasteiger charge is -2.58. The molecule has 2 fully saturated rings. The van der Waals surface area contributed by atoms with Gasteiger partial charge in [0, 0.05) is 50.8 Å². The average Bonchev–Trinajstić information content (AvgIpc) is 3.01. The molecular weight excluding hydrogens is 318 g/mol. The summed E-state index contributed by atoms with van der Waals surface area (Å²) < 4.78 is 7.53. The molecular formula is C18H31N5O2. The van der Waals surface area contributed by atoms with Gasteiger partial charge in [-0.3, -0.25) is 9.48 Å². The molecule has 7 nitrogen and oxygen atoms in total. The second-order valence-electron chi connectivity index (χ2n) is 7.97. The zero-order valence-electron chi connectivity index (χ0n) is 15.8. The number of nitrogens with one attached hydrogen (secondary N) is 1. The second kappa shape index (κ2) is 6.61. The SMILES string of the molecule is CCOC1CC(N)(C(=O)NC2CCCN(c3cnn(C)c3)C2)C1(C)C. The van der Waals surface area contributed by atoms with Gasteiger partial charge in [-0.15, -0.1) is 0 Å². The minimum atomic E-state index is -0.858. The quantitative estimate of drug-likeness (QED) is 0.829. The number of rotatable bonds is 5. The number of carbonyl (C=O) groups excluding carboxylic acids is 1. The van der Waals surface area contributed by atoms with E-state index in [9.17, 15) is 4.79 Å². The minimum absolute atomic E-state index is 0.0477. The molecule has 1 aliphatic carbocycles. The Balaban J connectivity index is 1.61. The molecule has 1 amide bonds. The number of ether oxygens (including phenoxy) is 1. The normalized spacial score (nSPS) is 31.5. The van der Waals surface area contributed by atoms with E-state index in [0.717, 1.165) is 31.6 Å². The van der Waals surface area contributed by atoms with Gasteiger partial charge in [0.25, 0.3) is 0 Å². The summed E-state index contributed by atoms with van der Waals surface area (Å²) in [7, 11) is 1.92. The van der Waals surface area contributed by atoms with Gasteiger partial charge < -0.3 is 20.7 Å². The van der Waals surface area contributed by atoms with Gasteiger partial charge in [-0.2, -0.15) is 5.10 Å². The third-order valence-corrected chi connectivity index (χ3v) is 6.05. The zero-order valence-corrected chi connectivity index (χ0v) is 15.8. The number of hydrogen-bond acceptors (Lipinski definition) is 5. The van der Waals surface area contributed by atoms with Crippen LogP contribution in [0.4, 0.5) is 5.69 Å². The summed E-state index contributed by atoms with van der Waals surface area (Å²) in [5.74, 6) is -0.0495. The van der Waals surface area contributed by atoms with Crippen LogP contribution < -0.4 is 16.0 Å². The lowest BCUT2D eigenvalue weighted by atomic mass is 9.54. The summed E-state index contributed by atoms with van der Waals surface area (Å²) in [5.41, 5.74) is 6.38. The number of nitrogens with two attached hydrogens (primary N) is 1. The van der Waals surface area contributed by atoms with Crippen LogP contribution in [0.1, 0.15) is 40.0 Å². The number of hydrogen-bond donors (Lipinski definition) is 2. The van der Waals surface area contributed by atoms with Crippen molar-refractivity contribution >= 4 is 11.6 Å². The van der Waals surface area contributed by atoms with Crippen molar-refractivity contribution in [2.45, 2.75) is 57.7 Å². The van der Waals surface area contributed by atoms with Crippen molar-refractivity contribution in [2.75, 3.05) is 24.6 Å². The van der Waals surface area contributed by atoms with E-state index in [-0.39, 0.29) is 23.5 Å². The van der Waals surface area contributed by atoms with Crippen LogP contribution in [-0.4, -0.2) is 53.1 Å². The average molecular weight is 349 g/mol. The zero-order chi connectivity index (χ0) is 18.2. The van der Waals surface area contributed by atoms with Gasteiger partial charge in [0.2, 0.25) is 5.91 Å². The summed E-state index contributed by atoms with van der Waals surface area (Å²) in [4.78, 5) is 15.2. The maximum atomic E-state index is 12.9. The molecule has 1 aliphatic heterocycles. The first-order valence-corrected chi connectivity index (χ1v) is 9.23. The van der Waals surface area contributed by atoms with E-state index in [1.165, 1.54) is 0 Å². The Morgan fingerprint density at radius 1 is 1.52 bits per heavy atom. The van der Waals surface area contributed by atoms with Gasteiger partial charge in [-0.25, -0.2) is 0 Å². The Labute approximate surface area is 149 Å². The van der Waals surface area contributed by atoms with Crippen LogP contribution >= 0.6 is 0 Å². The number of amides is 1. The predicted octanol–water partition coefficient (Wildman–Crippen LogP) is 1.04. The van der Waals surface area contributed by atoms with Crippen molar-refractivity contribution in [2.24, 2.45) is 18.2 Å². The molecule has 3 rings (SSSR count). The van der Waals surface area contributed by atoms with Crippen molar-refractivity contribution in [1.82, 2.24) is 15.1 Å². The summed E-state index contributed by atoms with van der Waals surface area (Å²) in [5, 5.41) is 7.44. The number of anilines is 1. The van der Waals surface area contributed by atoms with Crippen molar-refractivity contribution < 1.29 is 9.53 Å². The molecule has 1 saturated carbocycles. The Morgan fingerprint density at radius 2 is 2.28 bits per heavy atom. The fourth-order valence-corrected chi connectivity index (χ4v) is 4.04. The summed E-state index contributed by atoms with van der Waals surface area (Å²) in [6.45, 7) is 8.46. The summed E-state index contributed by atoms with van der Waals surface area (Å²) >= 11 is 0. The van der Waals surface area contributed by atoms with Gasteiger partial charge >= 0.3 is 0 Å². The van der Waals surface area contributed by atoms with Crippen LogP contribution in [0.5, 0.6) is 0 Å². The van der Waals surface area contributed by atoms with Crippen molar-refractivity contribution in [3.8, 4) is 0 Å². The van der Waals surface area contributed by atoms with Gasteiger partial charge in [-0.05, 0) is 19.8 Å². The van der Waals surface area contributed by atoms with E-state index in [1.54, 1.807) is 4.68 Å². The van der Waals surface area contributed by atoms with Crippen LogP contribution in [0.15, 0.2) is 12.4 Å². The molecule has 3 N–H and O–H groups in total. The first kappa shape index (κ1) is 18.2. The lowest BCUT2D eigenvalue weighted by molar-refractivity contribution is -0.171. The van der Waals surface area contributed by atoms with Crippen LogP contribution in [0.3, 0.4) is 0 Å². The van der Waals surface area contributed by atoms with E-state index < -0.39 is 5.54 Å². The third kappa shape index (κ3) is 3.15. The fraction of sp³-hybridized carbons (Fsp3) is 0.778. The molecule has 0 radical (unpaired) electrons. The lowest BCUT2D eigenvalue weighted by Crippen LogP contribution is -2.76. The molecule has 3 atom stereocenters. The van der Waals surface area contributed by atoms with E-state index in [4.69, 9.17) is 10.5 Å². The van der Waals surface area contributed by atoms with E-state index >= 15 is 0 Å². The molecule has 140 valence electrons. The first-order chi connectivity index (χ1) is 11.8. The van der Waals surface area contributed by atoms with Crippen LogP contribution in [0.25, 0.3) is 0 Å². The number of nitrogens with zero attached hydrogens (tertiary/aromatic N) is 3. The molecule has 7 heteroatoms. The highest BCUT2D eigenvalue weighted by Crippen LogP contribution is 2.49. The van der Waals surface area contributed by atoms with E-state index in [1.807, 2.05) is 40.2 Å². The standard InChI is InChI=1S/C18H31N5O2/c1-5-25-15-9-18(19,17(15,2)3)16(24)21-13-7-6-8-23(11-13)14-10-20-22(4)12-14/h10,12-13,15H,5-9,11,19H2,1-4H3,(H,21,24). The van der Waals surface area contributed by atoms with Crippen LogP contribution in [0.2, 0.25) is 0 Å². The monoisotopic (exact) mass is 349 g/mol. The molecule has 25 heavy (non-hydrogen) atoms. The molecule has 0 bridgehead atoms. The molecule has 0 spiro atoms. The Kier molecular flexibility index (Phi) is 4.81. The Hall–Kier alpha value is -1.60. The number of piperidine rings is 1. The molecule has 1 aromatic rings. The summed E-state index contributed by atoms with van der Waals surface area (Å²) in [6, 6.07) is 0.115. The summed E-state index contributed by atoms with van der Waals surface area (Å²) in [6.07, 6.45) is 6.54. The highest BCUT2D eigenvalue weighted by Gasteiger charge is 2.63. The number of carbonyl (C=O) groups is 1. The highest BCUT2D eigenvalue weighted by molar-refractivity contribution is 5.89.